The van der Waals surface area contributed by atoms with E-state index in [0.717, 1.165) is 0 Å². The van der Waals surface area contributed by atoms with Crippen LogP contribution in [0.5, 0.6) is 0 Å². The number of rotatable bonds is 3. The Morgan fingerprint density at radius 3 is 2.75 bits per heavy atom. The lowest BCUT2D eigenvalue weighted by atomic mass is 10.3. The predicted molar refractivity (Wildman–Crippen MR) is 47.2 cm³/mol. The molecule has 12 heavy (non-hydrogen) atoms. The van der Waals surface area contributed by atoms with Gasteiger partial charge in [-0.2, -0.15) is 5.26 Å². The maximum absolute atomic E-state index is 10.9. The van der Waals surface area contributed by atoms with Crippen molar-refractivity contribution in [1.82, 2.24) is 5.32 Å². The Balaban J connectivity index is 3.83. The average molecular weight is 164 g/mol. The van der Waals surface area contributed by atoms with Gasteiger partial charge in [0.2, 0.25) is 5.91 Å². The lowest BCUT2D eigenvalue weighted by Crippen LogP contribution is -2.29. The zero-order valence-corrected chi connectivity index (χ0v) is 7.24. The highest BCUT2D eigenvalue weighted by molar-refractivity contribution is 5.88. The van der Waals surface area contributed by atoms with Gasteiger partial charge in [0.05, 0.1) is 6.07 Å². The van der Waals surface area contributed by atoms with Gasteiger partial charge in [-0.1, -0.05) is 18.2 Å². The van der Waals surface area contributed by atoms with E-state index < -0.39 is 6.04 Å². The summed E-state index contributed by atoms with van der Waals surface area (Å²) in [7, 11) is 0. The lowest BCUT2D eigenvalue weighted by Gasteiger charge is -2.00. The second-order valence-electron chi connectivity index (χ2n) is 2.24. The molecule has 3 nitrogen and oxygen atoms in total. The highest BCUT2D eigenvalue weighted by Gasteiger charge is 1.99. The van der Waals surface area contributed by atoms with E-state index in [9.17, 15) is 4.79 Å². The van der Waals surface area contributed by atoms with E-state index in [1.807, 2.05) is 19.1 Å². The van der Waals surface area contributed by atoms with Crippen molar-refractivity contribution in [2.24, 2.45) is 0 Å². The summed E-state index contributed by atoms with van der Waals surface area (Å²) in [6, 6.07) is 1.47. The second-order valence-corrected chi connectivity index (χ2v) is 2.24. The van der Waals surface area contributed by atoms with E-state index in [-0.39, 0.29) is 5.91 Å². The molecule has 0 saturated heterocycles. The summed E-state index contributed by atoms with van der Waals surface area (Å²) in [5.74, 6) is -0.248. The monoisotopic (exact) mass is 164 g/mol. The molecular weight excluding hydrogens is 152 g/mol. The number of hydrogen-bond acceptors (Lipinski definition) is 2. The van der Waals surface area contributed by atoms with Gasteiger partial charge in [0.15, 0.2) is 0 Å². The van der Waals surface area contributed by atoms with Crippen LogP contribution in [-0.4, -0.2) is 11.9 Å². The summed E-state index contributed by atoms with van der Waals surface area (Å²) in [4.78, 5) is 10.9. The average Bonchev–Trinajstić information content (AvgIpc) is 2.05. The molecule has 0 aromatic carbocycles. The summed E-state index contributed by atoms with van der Waals surface area (Å²) in [5.41, 5.74) is 0. The molecule has 1 atom stereocenters. The quantitative estimate of drug-likeness (QED) is 0.502. The Morgan fingerprint density at radius 2 is 2.25 bits per heavy atom. The lowest BCUT2D eigenvalue weighted by molar-refractivity contribution is -0.116. The van der Waals surface area contributed by atoms with Crippen molar-refractivity contribution < 1.29 is 4.79 Å². The number of nitriles is 1. The molecule has 0 aliphatic rings. The molecule has 0 aromatic rings. The normalized spacial score (nSPS) is 13.1. The number of amides is 1. The minimum Gasteiger partial charge on any atom is -0.337 e. The molecule has 0 spiro atoms. The smallest absolute Gasteiger partial charge is 0.245 e. The van der Waals surface area contributed by atoms with Crippen LogP contribution in [0.4, 0.5) is 0 Å². The van der Waals surface area contributed by atoms with Gasteiger partial charge in [-0.15, -0.1) is 0 Å². The molecule has 0 rings (SSSR count). The van der Waals surface area contributed by atoms with E-state index in [4.69, 9.17) is 5.26 Å². The number of carbonyl (C=O) groups is 1. The molecule has 0 bridgehead atoms. The zero-order chi connectivity index (χ0) is 9.40. The van der Waals surface area contributed by atoms with Crippen LogP contribution in [0.1, 0.15) is 13.8 Å². The molecule has 0 aromatic heterocycles. The van der Waals surface area contributed by atoms with Crippen molar-refractivity contribution in [2.75, 3.05) is 0 Å². The van der Waals surface area contributed by atoms with Crippen molar-refractivity contribution >= 4 is 5.91 Å². The molecule has 3 heteroatoms. The van der Waals surface area contributed by atoms with E-state index in [1.165, 1.54) is 6.08 Å². The fraction of sp³-hybridized carbons (Fsp3) is 0.333. The van der Waals surface area contributed by atoms with Crippen LogP contribution in [0.2, 0.25) is 0 Å². The third-order valence-electron chi connectivity index (χ3n) is 1.10. The summed E-state index contributed by atoms with van der Waals surface area (Å²) >= 11 is 0. The Labute approximate surface area is 72.4 Å². The minimum atomic E-state index is -0.437. The van der Waals surface area contributed by atoms with Gasteiger partial charge >= 0.3 is 0 Å². The molecule has 0 heterocycles. The van der Waals surface area contributed by atoms with Crippen LogP contribution >= 0.6 is 0 Å². The zero-order valence-electron chi connectivity index (χ0n) is 7.24. The summed E-state index contributed by atoms with van der Waals surface area (Å²) in [6.45, 7) is 3.49. The molecule has 0 unspecified atom stereocenters. The molecule has 1 N–H and O–H groups in total. The minimum absolute atomic E-state index is 0.248. The first-order valence-electron chi connectivity index (χ1n) is 3.70. The number of carbonyl (C=O) groups excluding carboxylic acids is 1. The Kier molecular flexibility index (Phi) is 5.37. The summed E-state index contributed by atoms with van der Waals surface area (Å²) < 4.78 is 0. The van der Waals surface area contributed by atoms with E-state index in [1.54, 1.807) is 19.1 Å². The van der Waals surface area contributed by atoms with E-state index >= 15 is 0 Å². The Bertz CT molecular complexity index is 235. The first-order valence-corrected chi connectivity index (χ1v) is 3.70. The molecule has 1 amide bonds. The molecule has 0 aliphatic heterocycles. The number of hydrogen-bond donors (Lipinski definition) is 1. The molecule has 0 fully saturated rings. The van der Waals surface area contributed by atoms with Crippen molar-refractivity contribution in [3.8, 4) is 6.07 Å². The van der Waals surface area contributed by atoms with Crippen LogP contribution < -0.4 is 5.32 Å². The van der Waals surface area contributed by atoms with Gasteiger partial charge in [0.1, 0.15) is 6.04 Å². The van der Waals surface area contributed by atoms with Crippen LogP contribution in [0, 0.1) is 11.3 Å². The van der Waals surface area contributed by atoms with Crippen LogP contribution in [0.3, 0.4) is 0 Å². The summed E-state index contributed by atoms with van der Waals surface area (Å²) in [5, 5.41) is 10.8. The van der Waals surface area contributed by atoms with Gasteiger partial charge < -0.3 is 5.32 Å². The van der Waals surface area contributed by atoms with E-state index in [2.05, 4.69) is 5.32 Å². The highest BCUT2D eigenvalue weighted by Crippen LogP contribution is 1.80. The van der Waals surface area contributed by atoms with Gasteiger partial charge in [0.25, 0.3) is 0 Å². The first kappa shape index (κ1) is 10.4. The first-order chi connectivity index (χ1) is 5.70. The summed E-state index contributed by atoms with van der Waals surface area (Å²) in [6.07, 6.45) is 6.57. The Hall–Kier alpha value is -1.56. The van der Waals surface area contributed by atoms with Crippen molar-refractivity contribution in [3.05, 3.63) is 24.3 Å². The fourth-order valence-electron chi connectivity index (χ4n) is 0.548. The molecule has 64 valence electrons. The third-order valence-corrected chi connectivity index (χ3v) is 1.10. The van der Waals surface area contributed by atoms with Gasteiger partial charge in [0, 0.05) is 6.08 Å². The maximum Gasteiger partial charge on any atom is 0.245 e. The molecule has 0 aliphatic carbocycles. The SMILES string of the molecule is C/C=C/C=C/C(=O)N[C@@H](C)C#N. The largest absolute Gasteiger partial charge is 0.337 e. The highest BCUT2D eigenvalue weighted by atomic mass is 16.1. The standard InChI is InChI=1S/C9H12N2O/c1-3-4-5-6-9(12)11-8(2)7-10/h3-6,8H,1-2H3,(H,11,12)/b4-3+,6-5+/t8-/m0/s1. The molecule has 0 saturated carbocycles. The van der Waals surface area contributed by atoms with Crippen LogP contribution in [0.25, 0.3) is 0 Å². The topological polar surface area (TPSA) is 52.9 Å². The fourth-order valence-corrected chi connectivity index (χ4v) is 0.548. The predicted octanol–water partition coefficient (Wildman–Crippen LogP) is 1.15. The van der Waals surface area contributed by atoms with Crippen LogP contribution in [0.15, 0.2) is 24.3 Å². The number of nitrogens with one attached hydrogen (secondary N) is 1. The van der Waals surface area contributed by atoms with Crippen molar-refractivity contribution in [2.45, 2.75) is 19.9 Å². The number of nitrogens with zero attached hydrogens (tertiary/aromatic N) is 1. The molecular formula is C9H12N2O. The molecule has 0 radical (unpaired) electrons. The van der Waals surface area contributed by atoms with Crippen molar-refractivity contribution in [1.29, 1.82) is 5.26 Å². The number of allylic oxidation sites excluding steroid dienone is 3. The maximum atomic E-state index is 10.9. The van der Waals surface area contributed by atoms with Gasteiger partial charge in [-0.25, -0.2) is 0 Å². The van der Waals surface area contributed by atoms with E-state index in [0.29, 0.717) is 0 Å². The third kappa shape index (κ3) is 5.24. The Morgan fingerprint density at radius 1 is 1.58 bits per heavy atom. The van der Waals surface area contributed by atoms with Gasteiger partial charge in [-0.05, 0) is 13.8 Å². The van der Waals surface area contributed by atoms with Crippen molar-refractivity contribution in [3.63, 3.8) is 0 Å². The van der Waals surface area contributed by atoms with Crippen LogP contribution in [-0.2, 0) is 4.79 Å². The second kappa shape index (κ2) is 6.17. The van der Waals surface area contributed by atoms with Gasteiger partial charge in [-0.3, -0.25) is 4.79 Å².